The maximum Gasteiger partial charge on any atom is 0.343 e. The summed E-state index contributed by atoms with van der Waals surface area (Å²) in [5, 5.41) is 0. The van der Waals surface area contributed by atoms with Crippen LogP contribution in [0.3, 0.4) is 0 Å². The fourth-order valence-corrected chi connectivity index (χ4v) is 8.29. The number of thioether (sulfide) groups is 2. The maximum absolute atomic E-state index is 13.1. The van der Waals surface area contributed by atoms with Gasteiger partial charge in [0.25, 0.3) is 0 Å². The summed E-state index contributed by atoms with van der Waals surface area (Å²) < 4.78 is 33.6. The topological polar surface area (TPSA) is 63.7 Å². The van der Waals surface area contributed by atoms with Crippen LogP contribution in [0.2, 0.25) is 0 Å². The van der Waals surface area contributed by atoms with Crippen LogP contribution in [0.5, 0.6) is 5.75 Å². The fourth-order valence-electron chi connectivity index (χ4n) is 3.66. The van der Waals surface area contributed by atoms with E-state index < -0.39 is 16.0 Å². The molecule has 2 aromatic carbocycles. The van der Waals surface area contributed by atoms with E-state index in [-0.39, 0.29) is 10.5 Å². The van der Waals surface area contributed by atoms with E-state index in [0.717, 1.165) is 30.8 Å². The van der Waals surface area contributed by atoms with Crippen molar-refractivity contribution in [2.75, 3.05) is 24.6 Å². The number of hydrogen-bond donors (Lipinski definition) is 0. The zero-order valence-electron chi connectivity index (χ0n) is 16.9. The first kappa shape index (κ1) is 21.7. The molecule has 2 heterocycles. The standard InChI is InChI=1S/C22H25NO4S3/c1-16-5-6-18(15-20(16)30(25,26)23-11-3-2-4-12-23)21(24)27-19-9-7-17(8-10-19)22-28-13-14-29-22/h5-10,15,22H,2-4,11-14H2,1H3. The molecule has 0 atom stereocenters. The van der Waals surface area contributed by atoms with Gasteiger partial charge in [-0.1, -0.05) is 24.6 Å². The lowest BCUT2D eigenvalue weighted by molar-refractivity contribution is 0.0734. The Balaban J connectivity index is 1.51. The molecule has 0 aromatic heterocycles. The molecule has 2 fully saturated rings. The Labute approximate surface area is 186 Å². The molecule has 0 amide bonds. The van der Waals surface area contributed by atoms with Crippen molar-refractivity contribution in [1.29, 1.82) is 0 Å². The number of piperidine rings is 1. The largest absolute Gasteiger partial charge is 0.423 e. The van der Waals surface area contributed by atoms with E-state index in [1.54, 1.807) is 31.2 Å². The molecule has 0 radical (unpaired) electrons. The minimum Gasteiger partial charge on any atom is -0.423 e. The van der Waals surface area contributed by atoms with Gasteiger partial charge in [-0.25, -0.2) is 13.2 Å². The third-order valence-corrected chi connectivity index (χ3v) is 10.5. The van der Waals surface area contributed by atoms with Crippen LogP contribution in [-0.4, -0.2) is 43.3 Å². The lowest BCUT2D eigenvalue weighted by Gasteiger charge is -2.26. The van der Waals surface area contributed by atoms with E-state index in [1.165, 1.54) is 15.9 Å². The maximum atomic E-state index is 13.1. The number of nitrogens with zero attached hydrogens (tertiary/aromatic N) is 1. The van der Waals surface area contributed by atoms with Gasteiger partial charge in [0.05, 0.1) is 15.0 Å². The van der Waals surface area contributed by atoms with Crippen LogP contribution >= 0.6 is 23.5 Å². The SMILES string of the molecule is Cc1ccc(C(=O)Oc2ccc(C3SCCS3)cc2)cc1S(=O)(=O)N1CCCCC1. The molecule has 4 rings (SSSR count). The molecule has 5 nitrogen and oxygen atoms in total. The Kier molecular flexibility index (Phi) is 6.77. The van der Waals surface area contributed by atoms with Gasteiger partial charge in [-0.15, -0.1) is 23.5 Å². The molecule has 8 heteroatoms. The van der Waals surface area contributed by atoms with Crippen LogP contribution in [0.4, 0.5) is 0 Å². The van der Waals surface area contributed by atoms with E-state index in [1.807, 2.05) is 35.7 Å². The van der Waals surface area contributed by atoms with Gasteiger partial charge < -0.3 is 4.74 Å². The zero-order valence-corrected chi connectivity index (χ0v) is 19.3. The molecule has 2 aliphatic heterocycles. The molecule has 0 saturated carbocycles. The molecule has 0 bridgehead atoms. The van der Waals surface area contributed by atoms with Crippen molar-refractivity contribution in [3.05, 3.63) is 59.2 Å². The van der Waals surface area contributed by atoms with Gasteiger partial charge in [0, 0.05) is 24.6 Å². The Morgan fingerprint density at radius 2 is 1.67 bits per heavy atom. The van der Waals surface area contributed by atoms with Crippen LogP contribution in [0.25, 0.3) is 0 Å². The number of carbonyl (C=O) groups excluding carboxylic acids is 1. The van der Waals surface area contributed by atoms with Crippen molar-refractivity contribution in [3.63, 3.8) is 0 Å². The molecule has 2 aliphatic rings. The zero-order chi connectivity index (χ0) is 21.1. The summed E-state index contributed by atoms with van der Waals surface area (Å²) in [4.78, 5) is 12.9. The highest BCUT2D eigenvalue weighted by Crippen LogP contribution is 2.45. The number of hydrogen-bond acceptors (Lipinski definition) is 6. The third kappa shape index (κ3) is 4.72. The summed E-state index contributed by atoms with van der Waals surface area (Å²) in [6.45, 7) is 2.81. The summed E-state index contributed by atoms with van der Waals surface area (Å²) >= 11 is 3.85. The predicted octanol–water partition coefficient (Wildman–Crippen LogP) is 4.87. The van der Waals surface area contributed by atoms with Gasteiger partial charge in [-0.05, 0) is 55.2 Å². The highest BCUT2D eigenvalue weighted by molar-refractivity contribution is 8.19. The van der Waals surface area contributed by atoms with Crippen molar-refractivity contribution in [1.82, 2.24) is 4.31 Å². The van der Waals surface area contributed by atoms with E-state index >= 15 is 0 Å². The average Bonchev–Trinajstić information content (AvgIpc) is 3.30. The first-order valence-corrected chi connectivity index (χ1v) is 13.6. The van der Waals surface area contributed by atoms with Gasteiger partial charge in [-0.2, -0.15) is 4.31 Å². The van der Waals surface area contributed by atoms with E-state index in [0.29, 0.717) is 29.0 Å². The number of ether oxygens (including phenoxy) is 1. The Morgan fingerprint density at radius 3 is 2.33 bits per heavy atom. The molecule has 0 aliphatic carbocycles. The first-order chi connectivity index (χ1) is 14.4. The lowest BCUT2D eigenvalue weighted by Crippen LogP contribution is -2.36. The molecular weight excluding hydrogens is 438 g/mol. The smallest absolute Gasteiger partial charge is 0.343 e. The Bertz CT molecular complexity index is 1010. The van der Waals surface area contributed by atoms with Crippen molar-refractivity contribution < 1.29 is 17.9 Å². The number of sulfonamides is 1. The van der Waals surface area contributed by atoms with Crippen LogP contribution in [-0.2, 0) is 10.0 Å². The lowest BCUT2D eigenvalue weighted by atomic mass is 10.1. The monoisotopic (exact) mass is 463 g/mol. The minimum atomic E-state index is -3.62. The van der Waals surface area contributed by atoms with Gasteiger partial charge in [0.2, 0.25) is 10.0 Å². The molecule has 0 unspecified atom stereocenters. The number of carbonyl (C=O) groups is 1. The van der Waals surface area contributed by atoms with Crippen LogP contribution < -0.4 is 4.74 Å². The number of esters is 1. The van der Waals surface area contributed by atoms with E-state index in [4.69, 9.17) is 4.74 Å². The van der Waals surface area contributed by atoms with Gasteiger partial charge >= 0.3 is 5.97 Å². The summed E-state index contributed by atoms with van der Waals surface area (Å²) in [5.74, 6) is 2.21. The fraction of sp³-hybridized carbons (Fsp3) is 0.409. The quantitative estimate of drug-likeness (QED) is 0.466. The van der Waals surface area contributed by atoms with Crippen molar-refractivity contribution >= 4 is 39.5 Å². The first-order valence-electron chi connectivity index (χ1n) is 10.1. The highest BCUT2D eigenvalue weighted by atomic mass is 32.2. The Morgan fingerprint density at radius 1 is 1.00 bits per heavy atom. The second-order valence-corrected chi connectivity index (χ2v) is 12.1. The van der Waals surface area contributed by atoms with Crippen LogP contribution in [0, 0.1) is 6.92 Å². The summed E-state index contributed by atoms with van der Waals surface area (Å²) in [5.41, 5.74) is 2.09. The van der Waals surface area contributed by atoms with Crippen molar-refractivity contribution in [2.45, 2.75) is 35.7 Å². The number of rotatable bonds is 5. The highest BCUT2D eigenvalue weighted by Gasteiger charge is 2.28. The summed E-state index contributed by atoms with van der Waals surface area (Å²) in [6.07, 6.45) is 2.79. The van der Waals surface area contributed by atoms with E-state index in [2.05, 4.69) is 0 Å². The average molecular weight is 464 g/mol. The van der Waals surface area contributed by atoms with Gasteiger partial charge in [0.15, 0.2) is 0 Å². The van der Waals surface area contributed by atoms with Crippen LogP contribution in [0.15, 0.2) is 47.4 Å². The second-order valence-electron chi connectivity index (χ2n) is 7.48. The molecule has 2 aromatic rings. The van der Waals surface area contributed by atoms with Crippen molar-refractivity contribution in [3.8, 4) is 5.75 Å². The molecular formula is C22H25NO4S3. The number of aryl methyl sites for hydroxylation is 1. The second kappa shape index (κ2) is 9.34. The minimum absolute atomic E-state index is 0.185. The number of benzene rings is 2. The van der Waals surface area contributed by atoms with Gasteiger partial charge in [-0.3, -0.25) is 0 Å². The van der Waals surface area contributed by atoms with E-state index in [9.17, 15) is 13.2 Å². The third-order valence-electron chi connectivity index (χ3n) is 5.34. The molecule has 160 valence electrons. The predicted molar refractivity (Wildman–Crippen MR) is 123 cm³/mol. The van der Waals surface area contributed by atoms with Crippen LogP contribution in [0.1, 0.15) is 45.3 Å². The normalized spacial score (nSPS) is 18.4. The Hall–Kier alpha value is -1.48. The summed E-state index contributed by atoms with van der Waals surface area (Å²) in [6, 6.07) is 12.3. The molecule has 0 spiro atoms. The summed E-state index contributed by atoms with van der Waals surface area (Å²) in [7, 11) is -3.62. The van der Waals surface area contributed by atoms with Gasteiger partial charge in [0.1, 0.15) is 5.75 Å². The molecule has 2 saturated heterocycles. The molecule has 30 heavy (non-hydrogen) atoms. The van der Waals surface area contributed by atoms with Crippen molar-refractivity contribution in [2.24, 2.45) is 0 Å². The molecule has 0 N–H and O–H groups in total.